The van der Waals surface area contributed by atoms with Crippen molar-refractivity contribution in [3.63, 3.8) is 0 Å². The van der Waals surface area contributed by atoms with E-state index in [4.69, 9.17) is 10.7 Å². The minimum Gasteiger partial charge on any atom is -0.378 e. The average molecular weight is 390 g/mol. The number of anilines is 3. The molecule has 3 aromatic heterocycles. The molecular formula is C19H18N8O2. The Hall–Kier alpha value is -4.21. The number of hydrogen-bond donors (Lipinski definition) is 3. The van der Waals surface area contributed by atoms with Crippen molar-refractivity contribution in [2.45, 2.75) is 0 Å². The highest BCUT2D eigenvalue weighted by molar-refractivity contribution is 5.66. The van der Waals surface area contributed by atoms with Gasteiger partial charge in [0, 0.05) is 43.2 Å². The monoisotopic (exact) mass is 390 g/mol. The first-order valence-corrected chi connectivity index (χ1v) is 8.90. The highest BCUT2D eigenvalue weighted by Gasteiger charge is 2.12. The quantitative estimate of drug-likeness (QED) is 0.249. The molecule has 29 heavy (non-hydrogen) atoms. The molecule has 4 N–H and O–H groups in total. The first kappa shape index (κ1) is 18.2. The largest absolute Gasteiger partial charge is 0.378 e. The number of fused-ring (bicyclic) bond motifs is 1. The molecule has 0 radical (unpaired) electrons. The van der Waals surface area contributed by atoms with Gasteiger partial charge in [-0.2, -0.15) is 0 Å². The molecule has 0 aliphatic carbocycles. The van der Waals surface area contributed by atoms with Gasteiger partial charge in [-0.1, -0.05) is 30.3 Å². The maximum Gasteiger partial charge on any atom is 0.311 e. The molecule has 0 atom stereocenters. The predicted octanol–water partition coefficient (Wildman–Crippen LogP) is 2.81. The second-order valence-electron chi connectivity index (χ2n) is 6.20. The van der Waals surface area contributed by atoms with Gasteiger partial charge in [-0.25, -0.2) is 15.0 Å². The highest BCUT2D eigenvalue weighted by atomic mass is 16.6. The Labute approximate surface area is 165 Å². The lowest BCUT2D eigenvalue weighted by molar-refractivity contribution is -0.384. The van der Waals surface area contributed by atoms with E-state index in [1.165, 1.54) is 12.1 Å². The predicted molar refractivity (Wildman–Crippen MR) is 111 cm³/mol. The van der Waals surface area contributed by atoms with Crippen molar-refractivity contribution in [2.75, 3.05) is 29.5 Å². The van der Waals surface area contributed by atoms with Gasteiger partial charge in [-0.15, -0.1) is 0 Å². The van der Waals surface area contributed by atoms with Crippen LogP contribution in [0.1, 0.15) is 0 Å². The van der Waals surface area contributed by atoms with E-state index in [-0.39, 0.29) is 11.5 Å². The fourth-order valence-electron chi connectivity index (χ4n) is 2.89. The Kier molecular flexibility index (Phi) is 4.89. The molecule has 0 unspecified atom stereocenters. The summed E-state index contributed by atoms with van der Waals surface area (Å²) >= 11 is 0. The summed E-state index contributed by atoms with van der Waals surface area (Å²) in [5.41, 5.74) is 8.02. The highest BCUT2D eigenvalue weighted by Crippen LogP contribution is 2.22. The molecule has 0 saturated heterocycles. The second-order valence-corrected chi connectivity index (χ2v) is 6.20. The summed E-state index contributed by atoms with van der Waals surface area (Å²) in [5, 5.41) is 17.2. The lowest BCUT2D eigenvalue weighted by Gasteiger charge is -2.11. The van der Waals surface area contributed by atoms with Crippen LogP contribution < -0.4 is 16.4 Å². The number of nitro groups is 1. The van der Waals surface area contributed by atoms with Crippen molar-refractivity contribution in [2.24, 2.45) is 0 Å². The molecule has 10 nitrogen and oxygen atoms in total. The van der Waals surface area contributed by atoms with Gasteiger partial charge in [0.2, 0.25) is 11.8 Å². The third-order valence-corrected chi connectivity index (χ3v) is 4.27. The molecule has 0 aliphatic heterocycles. The van der Waals surface area contributed by atoms with Crippen molar-refractivity contribution in [3.05, 3.63) is 71.0 Å². The van der Waals surface area contributed by atoms with Gasteiger partial charge in [-0.05, 0) is 6.07 Å². The van der Waals surface area contributed by atoms with Crippen molar-refractivity contribution in [3.8, 4) is 11.3 Å². The molecule has 0 saturated carbocycles. The van der Waals surface area contributed by atoms with Crippen LogP contribution in [0.2, 0.25) is 0 Å². The minimum atomic E-state index is -0.560. The van der Waals surface area contributed by atoms with Crippen LogP contribution in [-0.4, -0.2) is 37.4 Å². The number of pyridine rings is 1. The molecule has 0 aliphatic rings. The zero-order valence-corrected chi connectivity index (χ0v) is 15.3. The SMILES string of the molecule is Nc1nc(NCCNc2nc(-c3ccccc3)cc3nccn23)ccc1[N+](=O)[O-]. The van der Waals surface area contributed by atoms with E-state index in [1.807, 2.05) is 47.0 Å². The zero-order valence-electron chi connectivity index (χ0n) is 15.3. The van der Waals surface area contributed by atoms with Crippen molar-refractivity contribution in [1.82, 2.24) is 19.4 Å². The molecule has 0 fully saturated rings. The summed E-state index contributed by atoms with van der Waals surface area (Å²) in [6, 6.07) is 14.7. The molecular weight excluding hydrogens is 372 g/mol. The van der Waals surface area contributed by atoms with Crippen molar-refractivity contribution < 1.29 is 4.92 Å². The van der Waals surface area contributed by atoms with E-state index >= 15 is 0 Å². The number of imidazole rings is 1. The first-order chi connectivity index (χ1) is 14.1. The van der Waals surface area contributed by atoms with Crippen LogP contribution in [-0.2, 0) is 0 Å². The number of rotatable bonds is 7. The van der Waals surface area contributed by atoms with Gasteiger partial charge < -0.3 is 16.4 Å². The lowest BCUT2D eigenvalue weighted by Crippen LogP contribution is -2.17. The minimum absolute atomic E-state index is 0.120. The fourth-order valence-corrected chi connectivity index (χ4v) is 2.89. The number of nitrogen functional groups attached to an aromatic ring is 1. The normalized spacial score (nSPS) is 10.8. The molecule has 0 bridgehead atoms. The van der Waals surface area contributed by atoms with E-state index in [2.05, 4.69) is 20.6 Å². The van der Waals surface area contributed by atoms with Crippen LogP contribution in [0.15, 0.2) is 60.9 Å². The summed E-state index contributed by atoms with van der Waals surface area (Å²) in [7, 11) is 0. The number of aromatic nitrogens is 4. The van der Waals surface area contributed by atoms with E-state index in [0.717, 1.165) is 16.9 Å². The summed E-state index contributed by atoms with van der Waals surface area (Å²) < 4.78 is 1.87. The fraction of sp³-hybridized carbons (Fsp3) is 0.105. The molecule has 0 amide bonds. The van der Waals surface area contributed by atoms with Crippen LogP contribution in [0.25, 0.3) is 16.9 Å². The summed E-state index contributed by atoms with van der Waals surface area (Å²) in [6.07, 6.45) is 3.56. The van der Waals surface area contributed by atoms with Crippen molar-refractivity contribution in [1.29, 1.82) is 0 Å². The molecule has 4 aromatic rings. The van der Waals surface area contributed by atoms with Crippen LogP contribution in [0.4, 0.5) is 23.3 Å². The first-order valence-electron chi connectivity index (χ1n) is 8.90. The standard InChI is InChI=1S/C19H18N8O2/c20-18-15(27(28)29)6-7-16(25-18)21-8-9-23-19-24-14(13-4-2-1-3-5-13)12-17-22-10-11-26(17)19/h1-7,10-12H,8-9H2,(H,23,24)(H3,20,21,25). The lowest BCUT2D eigenvalue weighted by atomic mass is 10.1. The third-order valence-electron chi connectivity index (χ3n) is 4.27. The molecule has 10 heteroatoms. The number of nitrogens with two attached hydrogens (primary N) is 1. The Morgan fingerprint density at radius 3 is 2.62 bits per heavy atom. The Bertz CT molecular complexity index is 1160. The van der Waals surface area contributed by atoms with Crippen LogP contribution in [0, 0.1) is 10.1 Å². The van der Waals surface area contributed by atoms with Gasteiger partial charge in [0.25, 0.3) is 0 Å². The van der Waals surface area contributed by atoms with E-state index in [0.29, 0.717) is 24.9 Å². The molecule has 146 valence electrons. The summed E-state index contributed by atoms with van der Waals surface area (Å²) in [5.74, 6) is 1.01. The van der Waals surface area contributed by atoms with Gasteiger partial charge in [0.05, 0.1) is 10.6 Å². The number of nitrogens with one attached hydrogen (secondary N) is 2. The Balaban J connectivity index is 1.45. The van der Waals surface area contributed by atoms with Crippen LogP contribution in [0.3, 0.4) is 0 Å². The molecule has 4 rings (SSSR count). The van der Waals surface area contributed by atoms with Crippen LogP contribution >= 0.6 is 0 Å². The maximum absolute atomic E-state index is 10.8. The second kappa shape index (κ2) is 7.80. The summed E-state index contributed by atoms with van der Waals surface area (Å²) in [6.45, 7) is 1.05. The Morgan fingerprint density at radius 1 is 1.07 bits per heavy atom. The maximum atomic E-state index is 10.8. The molecule has 1 aromatic carbocycles. The van der Waals surface area contributed by atoms with E-state index in [9.17, 15) is 10.1 Å². The van der Waals surface area contributed by atoms with Crippen LogP contribution in [0.5, 0.6) is 0 Å². The number of hydrogen-bond acceptors (Lipinski definition) is 8. The topological polar surface area (TPSA) is 136 Å². The van der Waals surface area contributed by atoms with Gasteiger partial charge in [0.15, 0.2) is 0 Å². The number of nitrogens with zero attached hydrogens (tertiary/aromatic N) is 5. The molecule has 3 heterocycles. The van der Waals surface area contributed by atoms with E-state index in [1.54, 1.807) is 6.20 Å². The van der Waals surface area contributed by atoms with Crippen molar-refractivity contribution >= 4 is 28.9 Å². The average Bonchev–Trinajstić information content (AvgIpc) is 3.20. The number of benzene rings is 1. The van der Waals surface area contributed by atoms with Gasteiger partial charge in [-0.3, -0.25) is 14.5 Å². The van der Waals surface area contributed by atoms with Gasteiger partial charge in [0.1, 0.15) is 11.5 Å². The van der Waals surface area contributed by atoms with E-state index < -0.39 is 4.92 Å². The zero-order chi connectivity index (χ0) is 20.2. The Morgan fingerprint density at radius 2 is 1.86 bits per heavy atom. The molecule has 0 spiro atoms. The summed E-state index contributed by atoms with van der Waals surface area (Å²) in [4.78, 5) is 23.3. The van der Waals surface area contributed by atoms with Gasteiger partial charge >= 0.3 is 5.69 Å². The third kappa shape index (κ3) is 3.90. The smallest absolute Gasteiger partial charge is 0.311 e.